The molecule has 1 heterocycles. The fourth-order valence-corrected chi connectivity index (χ4v) is 3.43. The van der Waals surface area contributed by atoms with Gasteiger partial charge in [0.25, 0.3) is 0 Å². The zero-order valence-electron chi connectivity index (χ0n) is 19.4. The van der Waals surface area contributed by atoms with Gasteiger partial charge >= 0.3 is 5.97 Å². The molecule has 0 radical (unpaired) electrons. The minimum atomic E-state index is -0.854. The lowest BCUT2D eigenvalue weighted by molar-refractivity contribution is -0.160. The summed E-state index contributed by atoms with van der Waals surface area (Å²) in [4.78, 5) is 11.9. The number of hydrogen-bond donors (Lipinski definition) is 0. The molecule has 0 aliphatic rings. The maximum Gasteiger partial charge on any atom is 0.318 e. The molecule has 0 saturated carbocycles. The minimum Gasteiger partial charge on any atom is -0.451 e. The molecule has 2 rings (SSSR count). The van der Waals surface area contributed by atoms with Gasteiger partial charge in [-0.3, -0.25) is 9.48 Å². The number of allylic oxidation sites excluding steroid dienone is 1. The zero-order valence-corrected chi connectivity index (χ0v) is 20.2. The Hall–Kier alpha value is -2.72. The van der Waals surface area contributed by atoms with Crippen LogP contribution in [0.3, 0.4) is 0 Å². The number of aromatic nitrogens is 2. The Labute approximate surface area is 189 Å². The largest absolute Gasteiger partial charge is 0.451 e. The van der Waals surface area contributed by atoms with Crippen LogP contribution in [0, 0.1) is 18.3 Å². The average molecular weight is 442 g/mol. The first-order chi connectivity index (χ1) is 14.6. The lowest BCUT2D eigenvalue weighted by Gasteiger charge is -2.21. The number of thioether (sulfide) groups is 1. The van der Waals surface area contributed by atoms with E-state index in [1.54, 1.807) is 11.6 Å². The van der Waals surface area contributed by atoms with Crippen LogP contribution in [0.2, 0.25) is 0 Å². The molecule has 1 aromatic heterocycles. The van der Waals surface area contributed by atoms with Crippen LogP contribution in [-0.2, 0) is 26.2 Å². The van der Waals surface area contributed by atoms with Crippen LogP contribution in [0.1, 0.15) is 57.1 Å². The summed E-state index contributed by atoms with van der Waals surface area (Å²) >= 11 is 1.38. The summed E-state index contributed by atoms with van der Waals surface area (Å²) in [6, 6.07) is 12.1. The van der Waals surface area contributed by atoms with Crippen molar-refractivity contribution in [2.24, 2.45) is 0 Å². The van der Waals surface area contributed by atoms with Crippen molar-refractivity contribution >= 4 is 29.1 Å². The smallest absolute Gasteiger partial charge is 0.318 e. The van der Waals surface area contributed by atoms with Crippen LogP contribution in [0.25, 0.3) is 11.3 Å². The van der Waals surface area contributed by atoms with E-state index >= 15 is 0 Å². The van der Waals surface area contributed by atoms with E-state index < -0.39 is 6.29 Å². The third-order valence-electron chi connectivity index (χ3n) is 4.66. The highest BCUT2D eigenvalue weighted by molar-refractivity contribution is 7.99. The van der Waals surface area contributed by atoms with Gasteiger partial charge < -0.3 is 9.47 Å². The van der Waals surface area contributed by atoms with E-state index in [9.17, 15) is 10.1 Å². The fraction of sp³-hybridized carbons (Fsp3) is 0.458. The summed E-state index contributed by atoms with van der Waals surface area (Å²) < 4.78 is 13.2. The summed E-state index contributed by atoms with van der Waals surface area (Å²) in [5, 5.41) is 14.5. The molecule has 0 spiro atoms. The maximum atomic E-state index is 11.9. The van der Waals surface area contributed by atoms with Gasteiger partial charge in [0.05, 0.1) is 11.4 Å². The van der Waals surface area contributed by atoms with Gasteiger partial charge in [-0.1, -0.05) is 45.0 Å². The van der Waals surface area contributed by atoms with E-state index in [-0.39, 0.29) is 17.1 Å². The Morgan fingerprint density at radius 3 is 2.42 bits per heavy atom. The molecule has 7 heteroatoms. The number of carbonyl (C=O) groups is 1. The Bertz CT molecular complexity index is 979. The van der Waals surface area contributed by atoms with Crippen LogP contribution in [-0.4, -0.2) is 34.0 Å². The van der Waals surface area contributed by atoms with Crippen molar-refractivity contribution in [1.82, 2.24) is 9.78 Å². The van der Waals surface area contributed by atoms with Gasteiger partial charge in [0.15, 0.2) is 5.76 Å². The summed E-state index contributed by atoms with van der Waals surface area (Å²) in [5.41, 5.74) is 3.75. The van der Waals surface area contributed by atoms with Crippen molar-refractivity contribution in [2.45, 2.75) is 59.8 Å². The Balaban J connectivity index is 2.56. The third kappa shape index (κ3) is 6.38. The maximum absolute atomic E-state index is 11.9. The summed E-state index contributed by atoms with van der Waals surface area (Å²) in [6.45, 7) is 12.5. The molecule has 0 aliphatic heterocycles. The van der Waals surface area contributed by atoms with Crippen molar-refractivity contribution in [3.8, 4) is 6.07 Å². The van der Waals surface area contributed by atoms with E-state index in [1.807, 2.05) is 50.4 Å². The molecule has 31 heavy (non-hydrogen) atoms. The first kappa shape index (κ1) is 24.5. The molecule has 0 saturated heterocycles. The van der Waals surface area contributed by atoms with Gasteiger partial charge in [-0.05, 0) is 42.7 Å². The fourth-order valence-electron chi connectivity index (χ4n) is 3.13. The lowest BCUT2D eigenvalue weighted by Crippen LogP contribution is -2.20. The van der Waals surface area contributed by atoms with Crippen LogP contribution in [0.4, 0.5) is 0 Å². The Morgan fingerprint density at radius 2 is 1.90 bits per heavy atom. The second-order valence-electron chi connectivity index (χ2n) is 8.24. The molecule has 0 aliphatic carbocycles. The highest BCUT2D eigenvalue weighted by Gasteiger charge is 2.23. The SMILES string of the molecule is CCn1nc(C)cc1/C(OC(C)OC(=O)CSC)=C(\C#N)c1ccc(C(C)(C)C)cc1. The van der Waals surface area contributed by atoms with Crippen LogP contribution < -0.4 is 0 Å². The van der Waals surface area contributed by atoms with Gasteiger partial charge in [-0.25, -0.2) is 0 Å². The van der Waals surface area contributed by atoms with Gasteiger partial charge in [0.1, 0.15) is 17.3 Å². The molecule has 0 bridgehead atoms. The van der Waals surface area contributed by atoms with E-state index in [0.717, 1.165) is 11.3 Å². The highest BCUT2D eigenvalue weighted by atomic mass is 32.2. The second kappa shape index (κ2) is 10.5. The molecule has 1 unspecified atom stereocenters. The predicted molar refractivity (Wildman–Crippen MR) is 125 cm³/mol. The van der Waals surface area contributed by atoms with Crippen LogP contribution in [0.5, 0.6) is 0 Å². The molecule has 0 fully saturated rings. The Kier molecular flexibility index (Phi) is 8.35. The summed E-state index contributed by atoms with van der Waals surface area (Å²) in [5.74, 6) is 0.212. The van der Waals surface area contributed by atoms with Crippen molar-refractivity contribution in [3.63, 3.8) is 0 Å². The molecular weight excluding hydrogens is 410 g/mol. The number of rotatable bonds is 8. The number of benzene rings is 1. The lowest BCUT2D eigenvalue weighted by atomic mass is 9.86. The molecule has 0 amide bonds. The second-order valence-corrected chi connectivity index (χ2v) is 9.10. The van der Waals surface area contributed by atoms with E-state index in [0.29, 0.717) is 23.6 Å². The molecule has 1 aromatic carbocycles. The zero-order chi connectivity index (χ0) is 23.2. The van der Waals surface area contributed by atoms with Gasteiger partial charge in [0.2, 0.25) is 6.29 Å². The number of hydrogen-bond acceptors (Lipinski definition) is 6. The van der Waals surface area contributed by atoms with Crippen molar-refractivity contribution in [1.29, 1.82) is 5.26 Å². The first-order valence-electron chi connectivity index (χ1n) is 10.3. The number of nitriles is 1. The quantitative estimate of drug-likeness (QED) is 0.243. The van der Waals surface area contributed by atoms with Crippen LogP contribution in [0.15, 0.2) is 30.3 Å². The molecular formula is C24H31N3O3S. The van der Waals surface area contributed by atoms with E-state index in [4.69, 9.17) is 9.47 Å². The summed E-state index contributed by atoms with van der Waals surface area (Å²) in [6.07, 6.45) is 0.975. The standard InChI is InChI=1S/C24H31N3O3S/c1-8-27-21(13-16(2)26-27)23(30-17(3)29-22(28)15-31-7)20(14-25)18-9-11-19(12-10-18)24(4,5)6/h9-13,17H,8,15H2,1-7H3/b23-20-. The first-order valence-corrected chi connectivity index (χ1v) is 11.6. The Morgan fingerprint density at radius 1 is 1.26 bits per heavy atom. The van der Waals surface area contributed by atoms with Gasteiger partial charge in [-0.2, -0.15) is 22.1 Å². The van der Waals surface area contributed by atoms with Gasteiger partial charge in [0, 0.05) is 13.5 Å². The number of nitrogens with zero attached hydrogens (tertiary/aromatic N) is 3. The van der Waals surface area contributed by atoms with Crippen molar-refractivity contribution < 1.29 is 14.3 Å². The molecule has 0 N–H and O–H groups in total. The molecule has 166 valence electrons. The average Bonchev–Trinajstić information content (AvgIpc) is 3.08. The van der Waals surface area contributed by atoms with Crippen LogP contribution >= 0.6 is 11.8 Å². The topological polar surface area (TPSA) is 77.1 Å². The van der Waals surface area contributed by atoms with Crippen molar-refractivity contribution in [2.75, 3.05) is 12.0 Å². The molecule has 2 aromatic rings. The van der Waals surface area contributed by atoms with Gasteiger partial charge in [-0.15, -0.1) is 0 Å². The molecule has 1 atom stereocenters. The summed E-state index contributed by atoms with van der Waals surface area (Å²) in [7, 11) is 0. The van der Waals surface area contributed by atoms with Crippen molar-refractivity contribution in [3.05, 3.63) is 52.8 Å². The van der Waals surface area contributed by atoms with E-state index in [2.05, 4.69) is 31.9 Å². The molecule has 6 nitrogen and oxygen atoms in total. The normalized spacial score (nSPS) is 13.2. The number of esters is 1. The predicted octanol–water partition coefficient (Wildman–Crippen LogP) is 5.17. The number of aryl methyl sites for hydroxylation is 2. The number of carbonyl (C=O) groups excluding carboxylic acids is 1. The number of ether oxygens (including phenoxy) is 2. The monoisotopic (exact) mass is 441 g/mol. The van der Waals surface area contributed by atoms with E-state index in [1.165, 1.54) is 17.3 Å². The minimum absolute atomic E-state index is 0.00628. The highest BCUT2D eigenvalue weighted by Crippen LogP contribution is 2.31. The third-order valence-corrected chi connectivity index (χ3v) is 5.18.